The van der Waals surface area contributed by atoms with Crippen LogP contribution in [0.25, 0.3) is 0 Å². The van der Waals surface area contributed by atoms with Crippen LogP contribution >= 0.6 is 0 Å². The van der Waals surface area contributed by atoms with E-state index in [4.69, 9.17) is 4.74 Å². The number of rotatable bonds is 5. The third-order valence-corrected chi connectivity index (χ3v) is 5.47. The van der Waals surface area contributed by atoms with Gasteiger partial charge >= 0.3 is 0 Å². The number of ether oxygens (including phenoxy) is 1. The zero-order chi connectivity index (χ0) is 16.6. The number of benzene rings is 1. The molecule has 2 bridgehead atoms. The normalized spacial score (nSPS) is 26.5. The Balaban J connectivity index is 1.58. The quantitative estimate of drug-likeness (QED) is 0.861. The average molecular weight is 338 g/mol. The lowest BCUT2D eigenvalue weighted by Gasteiger charge is -2.31. The first-order valence-corrected chi connectivity index (χ1v) is 9.64. The maximum Gasteiger partial charge on any atom is 0.227 e. The zero-order valence-corrected chi connectivity index (χ0v) is 14.2. The molecule has 0 spiro atoms. The van der Waals surface area contributed by atoms with E-state index in [0.717, 1.165) is 17.7 Å². The fraction of sp³-hybridized carbons (Fsp3) is 0.562. The standard InChI is InChI=1S/C16H22N2O4S/c1-22-14-5-3-11(4-6-14)7-16(19)18-10-12-8-13(18)9-15(12)17-23(2,20)21/h3-6,12-13,15,17H,7-10H2,1-2H3. The van der Waals surface area contributed by atoms with Gasteiger partial charge in [0.1, 0.15) is 5.75 Å². The van der Waals surface area contributed by atoms with Crippen molar-refractivity contribution in [1.82, 2.24) is 9.62 Å². The topological polar surface area (TPSA) is 75.7 Å². The van der Waals surface area contributed by atoms with E-state index in [1.807, 2.05) is 29.2 Å². The first-order valence-electron chi connectivity index (χ1n) is 7.75. The van der Waals surface area contributed by atoms with Gasteiger partial charge in [0.25, 0.3) is 0 Å². The SMILES string of the molecule is COc1ccc(CC(=O)N2CC3CC2CC3NS(C)(=O)=O)cc1. The molecule has 126 valence electrons. The van der Waals surface area contributed by atoms with Gasteiger partial charge in [-0.25, -0.2) is 13.1 Å². The summed E-state index contributed by atoms with van der Waals surface area (Å²) in [5.74, 6) is 1.12. The van der Waals surface area contributed by atoms with Crippen LogP contribution in [0.5, 0.6) is 5.75 Å². The van der Waals surface area contributed by atoms with Crippen molar-refractivity contribution in [2.24, 2.45) is 5.92 Å². The van der Waals surface area contributed by atoms with Gasteiger partial charge in [0, 0.05) is 18.6 Å². The number of carbonyl (C=O) groups excluding carboxylic acids is 1. The minimum absolute atomic E-state index is 0.0277. The minimum Gasteiger partial charge on any atom is -0.497 e. The summed E-state index contributed by atoms with van der Waals surface area (Å²) >= 11 is 0. The van der Waals surface area contributed by atoms with Crippen LogP contribution in [0.15, 0.2) is 24.3 Å². The van der Waals surface area contributed by atoms with Gasteiger partial charge in [0.05, 0.1) is 19.8 Å². The van der Waals surface area contributed by atoms with Crippen molar-refractivity contribution in [1.29, 1.82) is 0 Å². The summed E-state index contributed by atoms with van der Waals surface area (Å²) in [4.78, 5) is 14.4. The van der Waals surface area contributed by atoms with Crippen molar-refractivity contribution in [2.45, 2.75) is 31.3 Å². The molecular formula is C16H22N2O4S. The fourth-order valence-corrected chi connectivity index (χ4v) is 4.54. The number of carbonyl (C=O) groups is 1. The summed E-state index contributed by atoms with van der Waals surface area (Å²) in [5, 5.41) is 0. The van der Waals surface area contributed by atoms with Gasteiger partial charge in [-0.05, 0) is 36.5 Å². The van der Waals surface area contributed by atoms with E-state index in [9.17, 15) is 13.2 Å². The summed E-state index contributed by atoms with van der Waals surface area (Å²) in [6.07, 6.45) is 3.16. The summed E-state index contributed by atoms with van der Waals surface area (Å²) in [6, 6.07) is 7.64. The number of nitrogens with zero attached hydrogens (tertiary/aromatic N) is 1. The molecule has 1 N–H and O–H groups in total. The van der Waals surface area contributed by atoms with E-state index in [0.29, 0.717) is 19.4 Å². The number of likely N-dealkylation sites (tertiary alicyclic amines) is 1. The molecule has 3 atom stereocenters. The number of amides is 1. The van der Waals surface area contributed by atoms with Crippen LogP contribution < -0.4 is 9.46 Å². The molecule has 1 aliphatic heterocycles. The maximum atomic E-state index is 12.5. The summed E-state index contributed by atoms with van der Waals surface area (Å²) in [5.41, 5.74) is 0.962. The van der Waals surface area contributed by atoms with E-state index >= 15 is 0 Å². The molecule has 2 aliphatic rings. The van der Waals surface area contributed by atoms with Crippen LogP contribution in [-0.4, -0.2) is 51.2 Å². The highest BCUT2D eigenvalue weighted by Gasteiger charge is 2.46. The molecule has 1 aliphatic carbocycles. The molecule has 23 heavy (non-hydrogen) atoms. The molecule has 2 fully saturated rings. The number of piperidine rings is 1. The number of methoxy groups -OCH3 is 1. The molecule has 1 saturated carbocycles. The maximum absolute atomic E-state index is 12.5. The van der Waals surface area contributed by atoms with Crippen LogP contribution in [0.4, 0.5) is 0 Å². The minimum atomic E-state index is -3.19. The van der Waals surface area contributed by atoms with Crippen molar-refractivity contribution in [3.05, 3.63) is 29.8 Å². The Morgan fingerprint density at radius 3 is 2.52 bits per heavy atom. The Labute approximate surface area is 136 Å². The number of hydrogen-bond acceptors (Lipinski definition) is 4. The number of fused-ring (bicyclic) bond motifs is 2. The Bertz CT molecular complexity index is 687. The molecule has 3 unspecified atom stereocenters. The molecule has 0 aromatic heterocycles. The van der Waals surface area contributed by atoms with Crippen LogP contribution in [-0.2, 0) is 21.2 Å². The van der Waals surface area contributed by atoms with E-state index < -0.39 is 10.0 Å². The third-order valence-electron chi connectivity index (χ3n) is 4.74. The van der Waals surface area contributed by atoms with Crippen LogP contribution in [0, 0.1) is 5.92 Å². The van der Waals surface area contributed by atoms with Crippen LogP contribution in [0.2, 0.25) is 0 Å². The molecule has 1 saturated heterocycles. The predicted octanol–water partition coefficient (Wildman–Crippen LogP) is 0.776. The van der Waals surface area contributed by atoms with Crippen LogP contribution in [0.1, 0.15) is 18.4 Å². The van der Waals surface area contributed by atoms with Gasteiger partial charge in [-0.2, -0.15) is 0 Å². The molecule has 3 rings (SSSR count). The van der Waals surface area contributed by atoms with E-state index in [2.05, 4.69) is 4.72 Å². The van der Waals surface area contributed by atoms with Crippen molar-refractivity contribution in [3.63, 3.8) is 0 Å². The van der Waals surface area contributed by atoms with Crippen molar-refractivity contribution in [3.8, 4) is 5.75 Å². The highest BCUT2D eigenvalue weighted by atomic mass is 32.2. The average Bonchev–Trinajstić information content (AvgIpc) is 3.06. The Morgan fingerprint density at radius 1 is 1.30 bits per heavy atom. The largest absolute Gasteiger partial charge is 0.497 e. The summed E-state index contributed by atoms with van der Waals surface area (Å²) in [6.45, 7) is 0.646. The van der Waals surface area contributed by atoms with Gasteiger partial charge in [-0.1, -0.05) is 12.1 Å². The first kappa shape index (κ1) is 16.3. The summed E-state index contributed by atoms with van der Waals surface area (Å²) in [7, 11) is -1.58. The first-order chi connectivity index (χ1) is 10.9. The highest BCUT2D eigenvalue weighted by molar-refractivity contribution is 7.88. The van der Waals surface area contributed by atoms with E-state index in [-0.39, 0.29) is 23.9 Å². The Kier molecular flexibility index (Phi) is 4.33. The second kappa shape index (κ2) is 6.13. The highest BCUT2D eigenvalue weighted by Crippen LogP contribution is 2.38. The Morgan fingerprint density at radius 2 is 2.00 bits per heavy atom. The second-order valence-corrected chi connectivity index (χ2v) is 8.23. The number of hydrogen-bond donors (Lipinski definition) is 1. The van der Waals surface area contributed by atoms with E-state index in [1.165, 1.54) is 6.26 Å². The molecule has 1 aromatic rings. The number of nitrogens with one attached hydrogen (secondary N) is 1. The molecule has 6 nitrogen and oxygen atoms in total. The van der Waals surface area contributed by atoms with Crippen molar-refractivity contribution in [2.75, 3.05) is 19.9 Å². The Hall–Kier alpha value is -1.60. The molecule has 1 heterocycles. The van der Waals surface area contributed by atoms with Crippen molar-refractivity contribution < 1.29 is 17.9 Å². The van der Waals surface area contributed by atoms with Crippen LogP contribution in [0.3, 0.4) is 0 Å². The van der Waals surface area contributed by atoms with Crippen molar-refractivity contribution >= 4 is 15.9 Å². The van der Waals surface area contributed by atoms with Gasteiger partial charge in [0.2, 0.25) is 15.9 Å². The predicted molar refractivity (Wildman–Crippen MR) is 86.7 cm³/mol. The monoisotopic (exact) mass is 338 g/mol. The lowest BCUT2D eigenvalue weighted by atomic mass is 10.0. The molecule has 0 radical (unpaired) electrons. The number of sulfonamides is 1. The van der Waals surface area contributed by atoms with Gasteiger partial charge in [0.15, 0.2) is 0 Å². The lowest BCUT2D eigenvalue weighted by Crippen LogP contribution is -2.47. The smallest absolute Gasteiger partial charge is 0.227 e. The molecular weight excluding hydrogens is 316 g/mol. The molecule has 1 aromatic carbocycles. The molecule has 7 heteroatoms. The van der Waals surface area contributed by atoms with Gasteiger partial charge < -0.3 is 9.64 Å². The van der Waals surface area contributed by atoms with E-state index in [1.54, 1.807) is 7.11 Å². The third kappa shape index (κ3) is 3.67. The fourth-order valence-electron chi connectivity index (χ4n) is 3.70. The zero-order valence-electron chi connectivity index (χ0n) is 13.4. The second-order valence-electron chi connectivity index (χ2n) is 6.45. The van der Waals surface area contributed by atoms with Gasteiger partial charge in [-0.3, -0.25) is 4.79 Å². The molecule has 1 amide bonds. The van der Waals surface area contributed by atoms with Gasteiger partial charge in [-0.15, -0.1) is 0 Å². The summed E-state index contributed by atoms with van der Waals surface area (Å²) < 4.78 is 30.5. The lowest BCUT2D eigenvalue weighted by molar-refractivity contribution is -0.132.